The third kappa shape index (κ3) is 5.88. The van der Waals surface area contributed by atoms with Crippen molar-refractivity contribution in [1.29, 1.82) is 0 Å². The van der Waals surface area contributed by atoms with Crippen LogP contribution in [-0.4, -0.2) is 55.1 Å². The molecule has 0 fully saturated rings. The van der Waals surface area contributed by atoms with Gasteiger partial charge in [0.05, 0.1) is 4.92 Å². The van der Waals surface area contributed by atoms with Crippen molar-refractivity contribution >= 4 is 40.8 Å². The van der Waals surface area contributed by atoms with E-state index in [9.17, 15) is 19.7 Å². The van der Waals surface area contributed by atoms with Gasteiger partial charge >= 0.3 is 12.2 Å². The maximum absolute atomic E-state index is 12.0. The predicted octanol–water partition coefficient (Wildman–Crippen LogP) is 4.78. The van der Waals surface area contributed by atoms with E-state index in [1.807, 2.05) is 0 Å². The molecular formula is C18H18ClN5O6. The molecule has 0 aliphatic carbocycles. The van der Waals surface area contributed by atoms with E-state index in [0.29, 0.717) is 0 Å². The minimum atomic E-state index is -0.708. The number of hydrogen-bond donors (Lipinski definition) is 0. The Morgan fingerprint density at radius 1 is 0.933 bits per heavy atom. The van der Waals surface area contributed by atoms with E-state index in [1.165, 1.54) is 68.3 Å². The number of carbonyl (C=O) groups excluding carboxylic acids is 2. The van der Waals surface area contributed by atoms with E-state index >= 15 is 0 Å². The van der Waals surface area contributed by atoms with E-state index in [-0.39, 0.29) is 33.6 Å². The van der Waals surface area contributed by atoms with E-state index in [0.717, 1.165) is 6.07 Å². The van der Waals surface area contributed by atoms with Crippen LogP contribution in [-0.2, 0) is 0 Å². The number of benzene rings is 2. The number of carbonyl (C=O) groups is 2. The van der Waals surface area contributed by atoms with Crippen LogP contribution in [0.5, 0.6) is 11.5 Å². The Kier molecular flexibility index (Phi) is 7.26. The van der Waals surface area contributed by atoms with Crippen LogP contribution in [0.3, 0.4) is 0 Å². The van der Waals surface area contributed by atoms with Gasteiger partial charge in [-0.3, -0.25) is 10.1 Å². The molecule has 2 amide bonds. The van der Waals surface area contributed by atoms with Crippen LogP contribution in [0.25, 0.3) is 0 Å². The molecule has 2 aromatic carbocycles. The van der Waals surface area contributed by atoms with Gasteiger partial charge < -0.3 is 19.3 Å². The summed E-state index contributed by atoms with van der Waals surface area (Å²) in [6.45, 7) is 0. The zero-order chi connectivity index (χ0) is 22.4. The lowest BCUT2D eigenvalue weighted by molar-refractivity contribution is -0.384. The number of amides is 2. The SMILES string of the molecule is CN(C)C(=O)Oc1ccc(/N=N/c2ccc(Cl)cc2[N+](=O)[O-])c(OC(=O)N(C)C)c1. The highest BCUT2D eigenvalue weighted by atomic mass is 35.5. The number of hydrogen-bond acceptors (Lipinski definition) is 8. The molecule has 0 heterocycles. The monoisotopic (exact) mass is 435 g/mol. The maximum atomic E-state index is 12.0. The van der Waals surface area contributed by atoms with Gasteiger partial charge in [0.2, 0.25) is 0 Å². The zero-order valence-electron chi connectivity index (χ0n) is 16.5. The summed E-state index contributed by atoms with van der Waals surface area (Å²) in [5, 5.41) is 19.2. The molecule has 0 N–H and O–H groups in total. The first-order valence-corrected chi connectivity index (χ1v) is 8.74. The third-order valence-corrected chi connectivity index (χ3v) is 3.70. The van der Waals surface area contributed by atoms with Gasteiger partial charge in [-0.25, -0.2) is 9.59 Å². The molecule has 0 saturated heterocycles. The smallest absolute Gasteiger partial charge is 0.410 e. The molecule has 0 spiro atoms. The molecule has 0 bridgehead atoms. The fraction of sp³-hybridized carbons (Fsp3) is 0.222. The standard InChI is InChI=1S/C18H18ClN5O6/c1-22(2)17(25)29-12-6-8-14(16(10-12)30-18(26)23(3)4)21-20-13-7-5-11(19)9-15(13)24(27)28/h5-10H,1-4H3/b21-20+. The first-order valence-electron chi connectivity index (χ1n) is 8.36. The van der Waals surface area contributed by atoms with Crippen LogP contribution in [0.2, 0.25) is 5.02 Å². The number of rotatable bonds is 5. The third-order valence-electron chi connectivity index (χ3n) is 3.46. The van der Waals surface area contributed by atoms with Gasteiger partial charge in [-0.05, 0) is 24.3 Å². The zero-order valence-corrected chi connectivity index (χ0v) is 17.3. The highest BCUT2D eigenvalue weighted by Crippen LogP contribution is 2.36. The Hall–Kier alpha value is -3.73. The van der Waals surface area contributed by atoms with E-state index < -0.39 is 17.1 Å². The summed E-state index contributed by atoms with van der Waals surface area (Å²) >= 11 is 5.79. The maximum Gasteiger partial charge on any atom is 0.414 e. The summed E-state index contributed by atoms with van der Waals surface area (Å²) < 4.78 is 10.4. The van der Waals surface area contributed by atoms with Crippen molar-refractivity contribution in [3.8, 4) is 11.5 Å². The molecule has 0 aliphatic heterocycles. The Morgan fingerprint density at radius 2 is 1.50 bits per heavy atom. The van der Waals surface area contributed by atoms with Crippen molar-refractivity contribution in [3.05, 3.63) is 51.5 Å². The van der Waals surface area contributed by atoms with E-state index in [2.05, 4.69) is 10.2 Å². The predicted molar refractivity (Wildman–Crippen MR) is 108 cm³/mol. The molecule has 30 heavy (non-hydrogen) atoms. The van der Waals surface area contributed by atoms with Crippen molar-refractivity contribution in [1.82, 2.24) is 9.80 Å². The average Bonchev–Trinajstić information content (AvgIpc) is 2.67. The highest BCUT2D eigenvalue weighted by Gasteiger charge is 2.17. The Morgan fingerprint density at radius 3 is 2.10 bits per heavy atom. The number of nitro groups is 1. The molecule has 158 valence electrons. The van der Waals surface area contributed by atoms with Crippen molar-refractivity contribution in [3.63, 3.8) is 0 Å². The van der Waals surface area contributed by atoms with Crippen LogP contribution in [0.1, 0.15) is 0 Å². The normalized spacial score (nSPS) is 10.6. The minimum Gasteiger partial charge on any atom is -0.410 e. The van der Waals surface area contributed by atoms with Gasteiger partial charge in [-0.15, -0.1) is 10.2 Å². The lowest BCUT2D eigenvalue weighted by Crippen LogP contribution is -2.26. The van der Waals surface area contributed by atoms with Gasteiger partial charge in [-0.2, -0.15) is 0 Å². The van der Waals surface area contributed by atoms with E-state index in [1.54, 1.807) is 0 Å². The van der Waals surface area contributed by atoms with Gasteiger partial charge in [-0.1, -0.05) is 11.6 Å². The fourth-order valence-corrected chi connectivity index (χ4v) is 2.10. The molecule has 2 rings (SSSR count). The lowest BCUT2D eigenvalue weighted by atomic mass is 10.2. The molecule has 12 heteroatoms. The summed E-state index contributed by atoms with van der Waals surface area (Å²) in [7, 11) is 5.99. The van der Waals surface area contributed by atoms with Gasteiger partial charge in [0.15, 0.2) is 11.4 Å². The van der Waals surface area contributed by atoms with Crippen molar-refractivity contribution < 1.29 is 24.0 Å². The molecule has 11 nitrogen and oxygen atoms in total. The average molecular weight is 436 g/mol. The van der Waals surface area contributed by atoms with Crippen LogP contribution >= 0.6 is 11.6 Å². The van der Waals surface area contributed by atoms with Gasteiger partial charge in [0.25, 0.3) is 5.69 Å². The number of azo groups is 1. The number of nitro benzene ring substituents is 1. The lowest BCUT2D eigenvalue weighted by Gasteiger charge is -2.14. The largest absolute Gasteiger partial charge is 0.414 e. The van der Waals surface area contributed by atoms with Crippen LogP contribution in [0.4, 0.5) is 26.7 Å². The molecule has 0 aromatic heterocycles. The number of halogens is 1. The summed E-state index contributed by atoms with van der Waals surface area (Å²) in [5.41, 5.74) is -0.300. The summed E-state index contributed by atoms with van der Waals surface area (Å²) in [6, 6.07) is 8.00. The number of nitrogens with zero attached hydrogens (tertiary/aromatic N) is 5. The molecule has 2 aromatic rings. The van der Waals surface area contributed by atoms with Crippen molar-refractivity contribution in [2.75, 3.05) is 28.2 Å². The first kappa shape index (κ1) is 22.6. The minimum absolute atomic E-state index is 0.0441. The Bertz CT molecular complexity index is 1010. The fourth-order valence-electron chi connectivity index (χ4n) is 1.93. The van der Waals surface area contributed by atoms with Crippen molar-refractivity contribution in [2.24, 2.45) is 10.2 Å². The Labute approximate surface area is 176 Å². The molecule has 0 radical (unpaired) electrons. The first-order chi connectivity index (χ1) is 14.1. The molecule has 0 atom stereocenters. The summed E-state index contributed by atoms with van der Waals surface area (Å²) in [6.07, 6.45) is -1.34. The molecule has 0 unspecified atom stereocenters. The van der Waals surface area contributed by atoms with E-state index in [4.69, 9.17) is 21.1 Å². The number of ether oxygens (including phenoxy) is 2. The van der Waals surface area contributed by atoms with Crippen LogP contribution < -0.4 is 9.47 Å². The molecule has 0 saturated carbocycles. The van der Waals surface area contributed by atoms with Crippen LogP contribution in [0.15, 0.2) is 46.6 Å². The quantitative estimate of drug-likeness (QED) is 0.377. The Balaban J connectivity index is 2.43. The second-order valence-corrected chi connectivity index (χ2v) is 6.68. The van der Waals surface area contributed by atoms with Gasteiger partial charge in [0.1, 0.15) is 11.4 Å². The second-order valence-electron chi connectivity index (χ2n) is 6.24. The van der Waals surface area contributed by atoms with Crippen LogP contribution in [0, 0.1) is 10.1 Å². The molecule has 0 aliphatic rings. The molecular weight excluding hydrogens is 418 g/mol. The summed E-state index contributed by atoms with van der Waals surface area (Å²) in [5.74, 6) is 0.0461. The topological polar surface area (TPSA) is 127 Å². The highest BCUT2D eigenvalue weighted by molar-refractivity contribution is 6.30. The van der Waals surface area contributed by atoms with Gasteiger partial charge in [0, 0.05) is 45.3 Å². The summed E-state index contributed by atoms with van der Waals surface area (Å²) in [4.78, 5) is 36.7. The van der Waals surface area contributed by atoms with Crippen molar-refractivity contribution in [2.45, 2.75) is 0 Å². The second kappa shape index (κ2) is 9.65.